The van der Waals surface area contributed by atoms with Gasteiger partial charge in [-0.1, -0.05) is 38.8 Å². The second kappa shape index (κ2) is 6.90. The van der Waals surface area contributed by atoms with E-state index in [-0.39, 0.29) is 5.82 Å². The van der Waals surface area contributed by atoms with E-state index in [0.29, 0.717) is 17.7 Å². The maximum Gasteiger partial charge on any atom is 0.123 e. The van der Waals surface area contributed by atoms with E-state index in [2.05, 4.69) is 13.8 Å². The quantitative estimate of drug-likeness (QED) is 0.618. The highest BCUT2D eigenvalue weighted by Gasteiger charge is 2.14. The van der Waals surface area contributed by atoms with Crippen LogP contribution < -0.4 is 0 Å². The number of hydrogen-bond acceptors (Lipinski definition) is 0. The molecule has 0 saturated heterocycles. The zero-order chi connectivity index (χ0) is 12.0. The molecule has 0 aliphatic heterocycles. The molecular weight excluding hydrogens is 223 g/mol. The Morgan fingerprint density at radius 2 is 1.88 bits per heavy atom. The first-order chi connectivity index (χ1) is 7.67. The Kier molecular flexibility index (Phi) is 5.83. The molecule has 0 bridgehead atoms. The molecule has 1 aromatic rings. The third-order valence-corrected chi connectivity index (χ3v) is 3.37. The Morgan fingerprint density at radius 1 is 1.25 bits per heavy atom. The number of halogens is 2. The predicted octanol–water partition coefficient (Wildman–Crippen LogP) is 4.97. The smallest absolute Gasteiger partial charge is 0.123 e. The molecule has 0 N–H and O–H groups in total. The molecule has 0 aliphatic rings. The van der Waals surface area contributed by atoms with Crippen LogP contribution in [-0.2, 0) is 0 Å². The summed E-state index contributed by atoms with van der Waals surface area (Å²) >= 11 is 5.99. The highest BCUT2D eigenvalue weighted by molar-refractivity contribution is 6.18. The van der Waals surface area contributed by atoms with Crippen LogP contribution in [0.4, 0.5) is 4.39 Å². The summed E-state index contributed by atoms with van der Waals surface area (Å²) in [4.78, 5) is 0. The van der Waals surface area contributed by atoms with Gasteiger partial charge in [-0.3, -0.25) is 0 Å². The molecular formula is C14H20ClF. The van der Waals surface area contributed by atoms with Gasteiger partial charge in [0.1, 0.15) is 5.82 Å². The van der Waals surface area contributed by atoms with E-state index in [0.717, 1.165) is 12.0 Å². The fourth-order valence-corrected chi connectivity index (χ4v) is 2.42. The maximum absolute atomic E-state index is 12.8. The van der Waals surface area contributed by atoms with Crippen molar-refractivity contribution >= 4 is 11.6 Å². The lowest BCUT2D eigenvalue weighted by Crippen LogP contribution is -2.06. The van der Waals surface area contributed by atoms with Crippen molar-refractivity contribution in [1.29, 1.82) is 0 Å². The largest absolute Gasteiger partial charge is 0.207 e. The zero-order valence-electron chi connectivity index (χ0n) is 10.0. The lowest BCUT2D eigenvalue weighted by molar-refractivity contribution is 0.450. The van der Waals surface area contributed by atoms with Gasteiger partial charge in [0.05, 0.1) is 0 Å². The van der Waals surface area contributed by atoms with Crippen molar-refractivity contribution in [2.24, 2.45) is 5.92 Å². The maximum atomic E-state index is 12.8. The lowest BCUT2D eigenvalue weighted by Gasteiger charge is -2.19. The van der Waals surface area contributed by atoms with Gasteiger partial charge in [-0.15, -0.1) is 11.6 Å². The Hall–Kier alpha value is -0.560. The number of hydrogen-bond donors (Lipinski definition) is 0. The van der Waals surface area contributed by atoms with Crippen LogP contribution in [0.15, 0.2) is 24.3 Å². The molecule has 0 fully saturated rings. The lowest BCUT2D eigenvalue weighted by atomic mass is 9.89. The first kappa shape index (κ1) is 13.5. The topological polar surface area (TPSA) is 0 Å². The summed E-state index contributed by atoms with van der Waals surface area (Å²) < 4.78 is 12.8. The van der Waals surface area contributed by atoms with E-state index in [1.807, 2.05) is 12.1 Å². The summed E-state index contributed by atoms with van der Waals surface area (Å²) in [6, 6.07) is 6.72. The van der Waals surface area contributed by atoms with Crippen molar-refractivity contribution in [2.75, 3.05) is 5.88 Å². The standard InChI is InChI=1S/C14H20ClF/c1-3-4-11(2)9-13(10-15)12-5-7-14(16)8-6-12/h5-8,11,13H,3-4,9-10H2,1-2H3. The van der Waals surface area contributed by atoms with Gasteiger partial charge in [0.25, 0.3) is 0 Å². The highest BCUT2D eigenvalue weighted by Crippen LogP contribution is 2.27. The Labute approximate surface area is 103 Å². The average Bonchev–Trinajstić information content (AvgIpc) is 2.27. The monoisotopic (exact) mass is 242 g/mol. The Bertz CT molecular complexity index is 294. The molecule has 1 rings (SSSR count). The zero-order valence-corrected chi connectivity index (χ0v) is 10.8. The molecule has 2 atom stereocenters. The van der Waals surface area contributed by atoms with Crippen molar-refractivity contribution in [2.45, 2.75) is 39.0 Å². The molecule has 0 amide bonds. The molecule has 0 spiro atoms. The average molecular weight is 243 g/mol. The van der Waals surface area contributed by atoms with Crippen LogP contribution in [0.5, 0.6) is 0 Å². The first-order valence-corrected chi connectivity index (χ1v) is 6.52. The van der Waals surface area contributed by atoms with Gasteiger partial charge in [0.15, 0.2) is 0 Å². The molecule has 2 unspecified atom stereocenters. The van der Waals surface area contributed by atoms with E-state index in [1.165, 1.54) is 25.0 Å². The van der Waals surface area contributed by atoms with Crippen LogP contribution in [0.25, 0.3) is 0 Å². The Balaban J connectivity index is 2.63. The molecule has 90 valence electrons. The summed E-state index contributed by atoms with van der Waals surface area (Å²) in [7, 11) is 0. The molecule has 0 saturated carbocycles. The third kappa shape index (κ3) is 4.13. The van der Waals surface area contributed by atoms with E-state index in [4.69, 9.17) is 11.6 Å². The summed E-state index contributed by atoms with van der Waals surface area (Å²) in [6.45, 7) is 4.46. The molecule has 0 nitrogen and oxygen atoms in total. The van der Waals surface area contributed by atoms with Crippen molar-refractivity contribution < 1.29 is 4.39 Å². The summed E-state index contributed by atoms with van der Waals surface area (Å²) in [6.07, 6.45) is 3.52. The minimum absolute atomic E-state index is 0.182. The van der Waals surface area contributed by atoms with Crippen molar-refractivity contribution in [1.82, 2.24) is 0 Å². The minimum Gasteiger partial charge on any atom is -0.207 e. The fraction of sp³-hybridized carbons (Fsp3) is 0.571. The molecule has 1 aromatic carbocycles. The highest BCUT2D eigenvalue weighted by atomic mass is 35.5. The SMILES string of the molecule is CCCC(C)CC(CCl)c1ccc(F)cc1. The van der Waals surface area contributed by atoms with Gasteiger partial charge in [0.2, 0.25) is 0 Å². The van der Waals surface area contributed by atoms with E-state index >= 15 is 0 Å². The van der Waals surface area contributed by atoms with Crippen LogP contribution in [0.1, 0.15) is 44.6 Å². The summed E-state index contributed by atoms with van der Waals surface area (Å²) in [5, 5.41) is 0. The number of rotatable bonds is 6. The molecule has 0 aromatic heterocycles. The van der Waals surface area contributed by atoms with Gasteiger partial charge in [-0.25, -0.2) is 4.39 Å². The number of alkyl halides is 1. The molecule has 0 radical (unpaired) electrons. The second-order valence-corrected chi connectivity index (χ2v) is 4.84. The minimum atomic E-state index is -0.182. The van der Waals surface area contributed by atoms with E-state index in [9.17, 15) is 4.39 Å². The first-order valence-electron chi connectivity index (χ1n) is 5.98. The van der Waals surface area contributed by atoms with Gasteiger partial charge < -0.3 is 0 Å². The van der Waals surface area contributed by atoms with Crippen molar-refractivity contribution in [3.05, 3.63) is 35.6 Å². The Morgan fingerprint density at radius 3 is 2.38 bits per heavy atom. The van der Waals surface area contributed by atoms with Gasteiger partial charge in [0, 0.05) is 5.88 Å². The third-order valence-electron chi connectivity index (χ3n) is 3.00. The van der Waals surface area contributed by atoms with Crippen LogP contribution >= 0.6 is 11.6 Å². The molecule has 16 heavy (non-hydrogen) atoms. The van der Waals surface area contributed by atoms with Gasteiger partial charge in [-0.05, 0) is 36.0 Å². The summed E-state index contributed by atoms with van der Waals surface area (Å²) in [5.41, 5.74) is 1.15. The fourth-order valence-electron chi connectivity index (χ4n) is 2.12. The van der Waals surface area contributed by atoms with Crippen molar-refractivity contribution in [3.63, 3.8) is 0 Å². The normalized spacial score (nSPS) is 14.8. The van der Waals surface area contributed by atoms with Gasteiger partial charge in [-0.2, -0.15) is 0 Å². The molecule has 0 aliphatic carbocycles. The van der Waals surface area contributed by atoms with E-state index in [1.54, 1.807) is 0 Å². The second-order valence-electron chi connectivity index (χ2n) is 4.53. The van der Waals surface area contributed by atoms with Crippen LogP contribution in [0.2, 0.25) is 0 Å². The molecule has 2 heteroatoms. The van der Waals surface area contributed by atoms with Crippen LogP contribution in [-0.4, -0.2) is 5.88 Å². The van der Waals surface area contributed by atoms with Crippen molar-refractivity contribution in [3.8, 4) is 0 Å². The van der Waals surface area contributed by atoms with Crippen LogP contribution in [0, 0.1) is 11.7 Å². The van der Waals surface area contributed by atoms with Crippen LogP contribution in [0.3, 0.4) is 0 Å². The number of benzene rings is 1. The van der Waals surface area contributed by atoms with E-state index < -0.39 is 0 Å². The molecule has 0 heterocycles. The summed E-state index contributed by atoms with van der Waals surface area (Å²) in [5.74, 6) is 1.46. The van der Waals surface area contributed by atoms with Gasteiger partial charge >= 0.3 is 0 Å². The predicted molar refractivity (Wildman–Crippen MR) is 68.6 cm³/mol.